The van der Waals surface area contributed by atoms with Crippen LogP contribution in [0.4, 0.5) is 21.5 Å². The molecule has 1 fully saturated rings. The number of nitrogens with one attached hydrogen (secondary N) is 1. The molecule has 2 aromatic rings. The first-order chi connectivity index (χ1) is 11.6. The number of halogens is 1. The normalized spacial score (nSPS) is 14.0. The number of benzene rings is 2. The van der Waals surface area contributed by atoms with Crippen molar-refractivity contribution in [3.8, 4) is 0 Å². The minimum atomic E-state index is -0.363. The second-order valence-electron chi connectivity index (χ2n) is 6.15. The molecule has 1 saturated heterocycles. The number of nitrogen functional groups attached to an aromatic ring is 1. The third kappa shape index (κ3) is 4.04. The van der Waals surface area contributed by atoms with Gasteiger partial charge in [-0.1, -0.05) is 12.1 Å². The van der Waals surface area contributed by atoms with Gasteiger partial charge in [-0.15, -0.1) is 0 Å². The zero-order valence-electron chi connectivity index (χ0n) is 13.6. The topological polar surface area (TPSA) is 58.4 Å². The van der Waals surface area contributed by atoms with Crippen LogP contribution in [0.5, 0.6) is 0 Å². The van der Waals surface area contributed by atoms with Gasteiger partial charge in [0.05, 0.1) is 11.4 Å². The molecule has 1 heterocycles. The third-order valence-corrected chi connectivity index (χ3v) is 4.29. The molecule has 0 bridgehead atoms. The number of rotatable bonds is 5. The predicted molar refractivity (Wildman–Crippen MR) is 95.7 cm³/mol. The quantitative estimate of drug-likeness (QED) is 0.825. The summed E-state index contributed by atoms with van der Waals surface area (Å²) >= 11 is 0. The minimum Gasteiger partial charge on any atom is -0.397 e. The van der Waals surface area contributed by atoms with Gasteiger partial charge in [0.25, 0.3) is 0 Å². The monoisotopic (exact) mass is 327 g/mol. The molecular formula is C19H22FN3O. The van der Waals surface area contributed by atoms with Gasteiger partial charge in [0, 0.05) is 25.2 Å². The molecule has 1 aliphatic rings. The van der Waals surface area contributed by atoms with Crippen LogP contribution in [0.15, 0.2) is 42.5 Å². The molecule has 0 saturated carbocycles. The first-order valence-electron chi connectivity index (χ1n) is 8.30. The predicted octanol–water partition coefficient (Wildman–Crippen LogP) is 3.58. The van der Waals surface area contributed by atoms with Crippen LogP contribution >= 0.6 is 0 Å². The Kier molecular flexibility index (Phi) is 4.99. The average Bonchev–Trinajstić information content (AvgIpc) is 3.07. The van der Waals surface area contributed by atoms with Crippen molar-refractivity contribution < 1.29 is 9.18 Å². The second kappa shape index (κ2) is 7.34. The van der Waals surface area contributed by atoms with Gasteiger partial charge in [0.2, 0.25) is 5.91 Å². The maximum absolute atomic E-state index is 13.1. The summed E-state index contributed by atoms with van der Waals surface area (Å²) in [6.07, 6.45) is 3.35. The summed E-state index contributed by atoms with van der Waals surface area (Å²) in [5.41, 5.74) is 9.52. The van der Waals surface area contributed by atoms with E-state index in [1.54, 1.807) is 12.1 Å². The largest absolute Gasteiger partial charge is 0.397 e. The van der Waals surface area contributed by atoms with E-state index in [0.717, 1.165) is 30.0 Å². The number of anilines is 3. The summed E-state index contributed by atoms with van der Waals surface area (Å²) in [6.45, 7) is 2.11. The summed E-state index contributed by atoms with van der Waals surface area (Å²) in [7, 11) is 0. The van der Waals surface area contributed by atoms with Gasteiger partial charge in [0.1, 0.15) is 5.82 Å². The maximum Gasteiger partial charge on any atom is 0.224 e. The van der Waals surface area contributed by atoms with Gasteiger partial charge in [-0.05, 0) is 55.2 Å². The van der Waals surface area contributed by atoms with Crippen molar-refractivity contribution in [1.29, 1.82) is 0 Å². The van der Waals surface area contributed by atoms with Crippen molar-refractivity contribution in [2.45, 2.75) is 25.7 Å². The van der Waals surface area contributed by atoms with Crippen molar-refractivity contribution in [2.75, 3.05) is 29.0 Å². The van der Waals surface area contributed by atoms with Crippen molar-refractivity contribution in [1.82, 2.24) is 0 Å². The average molecular weight is 327 g/mol. The molecule has 1 aliphatic heterocycles. The number of hydrogen-bond donors (Lipinski definition) is 2. The molecular weight excluding hydrogens is 305 g/mol. The number of aryl methyl sites for hydroxylation is 1. The lowest BCUT2D eigenvalue weighted by Crippen LogP contribution is -2.19. The Balaban J connectivity index is 1.56. The molecule has 0 radical (unpaired) electrons. The first-order valence-corrected chi connectivity index (χ1v) is 8.30. The van der Waals surface area contributed by atoms with Crippen LogP contribution in [0.1, 0.15) is 24.8 Å². The van der Waals surface area contributed by atoms with E-state index < -0.39 is 0 Å². The number of hydrogen-bond acceptors (Lipinski definition) is 3. The smallest absolute Gasteiger partial charge is 0.224 e. The lowest BCUT2D eigenvalue weighted by Gasteiger charge is -2.20. The van der Waals surface area contributed by atoms with Gasteiger partial charge in [-0.25, -0.2) is 4.39 Å². The number of carbonyl (C=O) groups excluding carboxylic acids is 1. The van der Waals surface area contributed by atoms with E-state index >= 15 is 0 Å². The van der Waals surface area contributed by atoms with Crippen molar-refractivity contribution in [3.63, 3.8) is 0 Å². The SMILES string of the molecule is Nc1cc(CCC(=O)Nc2cccc(F)c2)ccc1N1CCCC1. The number of carbonyl (C=O) groups is 1. The van der Waals surface area contributed by atoms with Crippen LogP contribution in [-0.4, -0.2) is 19.0 Å². The summed E-state index contributed by atoms with van der Waals surface area (Å²) in [5, 5.41) is 2.71. The molecule has 3 N–H and O–H groups in total. The number of nitrogens with two attached hydrogens (primary N) is 1. The Labute approximate surface area is 141 Å². The minimum absolute atomic E-state index is 0.136. The van der Waals surface area contributed by atoms with E-state index in [1.807, 2.05) is 18.2 Å². The zero-order valence-corrected chi connectivity index (χ0v) is 13.6. The van der Waals surface area contributed by atoms with Gasteiger partial charge in [-0.2, -0.15) is 0 Å². The Morgan fingerprint density at radius 3 is 2.67 bits per heavy atom. The van der Waals surface area contributed by atoms with E-state index in [4.69, 9.17) is 5.73 Å². The molecule has 0 aromatic heterocycles. The molecule has 3 rings (SSSR count). The van der Waals surface area contributed by atoms with Crippen LogP contribution in [0.3, 0.4) is 0 Å². The molecule has 126 valence electrons. The van der Waals surface area contributed by atoms with Gasteiger partial charge in [-0.3, -0.25) is 4.79 Å². The molecule has 1 amide bonds. The highest BCUT2D eigenvalue weighted by Gasteiger charge is 2.15. The Morgan fingerprint density at radius 2 is 1.96 bits per heavy atom. The van der Waals surface area contributed by atoms with Crippen LogP contribution in [0.25, 0.3) is 0 Å². The molecule has 24 heavy (non-hydrogen) atoms. The van der Waals surface area contributed by atoms with Crippen LogP contribution in [0, 0.1) is 5.82 Å². The molecule has 2 aromatic carbocycles. The number of amides is 1. The van der Waals surface area contributed by atoms with Gasteiger partial charge in [0.15, 0.2) is 0 Å². The van der Waals surface area contributed by atoms with Crippen molar-refractivity contribution in [3.05, 3.63) is 53.8 Å². The van der Waals surface area contributed by atoms with E-state index in [2.05, 4.69) is 10.2 Å². The van der Waals surface area contributed by atoms with E-state index in [1.165, 1.54) is 25.0 Å². The van der Waals surface area contributed by atoms with Crippen LogP contribution < -0.4 is 16.0 Å². The summed E-state index contributed by atoms with van der Waals surface area (Å²) in [4.78, 5) is 14.3. The molecule has 0 atom stereocenters. The summed E-state index contributed by atoms with van der Waals surface area (Å²) in [5.74, 6) is -0.499. The highest BCUT2D eigenvalue weighted by Crippen LogP contribution is 2.28. The van der Waals surface area contributed by atoms with Crippen LogP contribution in [-0.2, 0) is 11.2 Å². The zero-order chi connectivity index (χ0) is 16.9. The van der Waals surface area contributed by atoms with E-state index in [9.17, 15) is 9.18 Å². The lowest BCUT2D eigenvalue weighted by molar-refractivity contribution is -0.116. The first kappa shape index (κ1) is 16.3. The second-order valence-corrected chi connectivity index (χ2v) is 6.15. The van der Waals surface area contributed by atoms with Gasteiger partial charge >= 0.3 is 0 Å². The molecule has 5 heteroatoms. The fourth-order valence-corrected chi connectivity index (χ4v) is 3.05. The highest BCUT2D eigenvalue weighted by atomic mass is 19.1. The summed E-state index contributed by atoms with van der Waals surface area (Å²) in [6, 6.07) is 11.9. The van der Waals surface area contributed by atoms with Crippen molar-refractivity contribution >= 4 is 23.0 Å². The maximum atomic E-state index is 13.1. The molecule has 0 aliphatic carbocycles. The molecule has 4 nitrogen and oxygen atoms in total. The Morgan fingerprint density at radius 1 is 1.17 bits per heavy atom. The third-order valence-electron chi connectivity index (χ3n) is 4.29. The highest BCUT2D eigenvalue weighted by molar-refractivity contribution is 5.90. The summed E-state index contributed by atoms with van der Waals surface area (Å²) < 4.78 is 13.1. The standard InChI is InChI=1S/C19H22FN3O/c20-15-4-3-5-16(13-15)22-19(24)9-7-14-6-8-18(17(21)12-14)23-10-1-2-11-23/h3-6,8,12-13H,1-2,7,9-11,21H2,(H,22,24). The molecule has 0 unspecified atom stereocenters. The lowest BCUT2D eigenvalue weighted by atomic mass is 10.1. The molecule has 0 spiro atoms. The van der Waals surface area contributed by atoms with Crippen LogP contribution in [0.2, 0.25) is 0 Å². The van der Waals surface area contributed by atoms with E-state index in [-0.39, 0.29) is 11.7 Å². The fourth-order valence-electron chi connectivity index (χ4n) is 3.05. The fraction of sp³-hybridized carbons (Fsp3) is 0.316. The van der Waals surface area contributed by atoms with Crippen molar-refractivity contribution in [2.24, 2.45) is 0 Å². The van der Waals surface area contributed by atoms with E-state index in [0.29, 0.717) is 18.5 Å². The number of nitrogens with zero attached hydrogens (tertiary/aromatic N) is 1. The Bertz CT molecular complexity index is 726. The Hall–Kier alpha value is -2.56. The van der Waals surface area contributed by atoms with Gasteiger partial charge < -0.3 is 16.0 Å².